The van der Waals surface area contributed by atoms with Gasteiger partial charge in [0.05, 0.1) is 12.1 Å². The second-order valence-corrected chi connectivity index (χ2v) is 7.98. The first-order valence-corrected chi connectivity index (χ1v) is 11.0. The number of benzene rings is 1. The Bertz CT molecular complexity index is 1450. The average Bonchev–Trinajstić information content (AvgIpc) is 3.29. The summed E-state index contributed by atoms with van der Waals surface area (Å²) < 4.78 is 13.5. The molecule has 0 spiro atoms. The topological polar surface area (TPSA) is 171 Å². The molecule has 174 valence electrons. The van der Waals surface area contributed by atoms with Crippen LogP contribution in [0.15, 0.2) is 34.9 Å². The molecule has 0 radical (unpaired) electrons. The van der Waals surface area contributed by atoms with Gasteiger partial charge >= 0.3 is 0 Å². The van der Waals surface area contributed by atoms with Crippen LogP contribution in [0.2, 0.25) is 0 Å². The monoisotopic (exact) mass is 460 g/mol. The fraction of sp³-hybridized carbons (Fsp3) is 0.261. The van der Waals surface area contributed by atoms with E-state index in [0.717, 1.165) is 17.5 Å². The number of carbonyl (C=O) groups excluding carboxylic acids is 1. The number of nitrogens with one attached hydrogen (secondary N) is 2. The van der Waals surface area contributed by atoms with Crippen LogP contribution in [0.3, 0.4) is 0 Å². The Labute approximate surface area is 194 Å². The Balaban J connectivity index is 1.62. The number of nitrogen functional groups attached to an aromatic ring is 1. The van der Waals surface area contributed by atoms with E-state index in [4.69, 9.17) is 31.0 Å². The number of fused-ring (bicyclic) bond motifs is 1. The van der Waals surface area contributed by atoms with Gasteiger partial charge in [0.25, 0.3) is 6.01 Å². The smallest absolute Gasteiger partial charge is 0.294 e. The van der Waals surface area contributed by atoms with Gasteiger partial charge in [-0.1, -0.05) is 6.92 Å². The van der Waals surface area contributed by atoms with Gasteiger partial charge < -0.3 is 35.9 Å². The van der Waals surface area contributed by atoms with E-state index in [9.17, 15) is 4.79 Å². The zero-order valence-electron chi connectivity index (χ0n) is 18.5. The fourth-order valence-corrected chi connectivity index (χ4v) is 4.08. The zero-order valence-corrected chi connectivity index (χ0v) is 18.5. The summed E-state index contributed by atoms with van der Waals surface area (Å²) in [7, 11) is 0. The lowest BCUT2D eigenvalue weighted by atomic mass is 10.1. The number of anilines is 1. The second-order valence-electron chi connectivity index (χ2n) is 7.98. The minimum Gasteiger partial charge on any atom is -0.491 e. The van der Waals surface area contributed by atoms with E-state index in [2.05, 4.69) is 19.9 Å². The summed E-state index contributed by atoms with van der Waals surface area (Å²) in [5, 5.41) is 10.9. The molecule has 0 saturated carbocycles. The van der Waals surface area contributed by atoms with Gasteiger partial charge in [0.1, 0.15) is 23.0 Å². The van der Waals surface area contributed by atoms with Crippen molar-refractivity contribution < 1.29 is 13.9 Å². The Morgan fingerprint density at radius 2 is 2.18 bits per heavy atom. The summed E-state index contributed by atoms with van der Waals surface area (Å²) in [4.78, 5) is 25.1. The van der Waals surface area contributed by atoms with Gasteiger partial charge in [0, 0.05) is 24.5 Å². The quantitative estimate of drug-likeness (QED) is 0.305. The first-order chi connectivity index (χ1) is 16.5. The first-order valence-electron chi connectivity index (χ1n) is 11.0. The van der Waals surface area contributed by atoms with Crippen LogP contribution in [0.4, 0.5) is 6.01 Å². The van der Waals surface area contributed by atoms with Gasteiger partial charge in [0.15, 0.2) is 11.4 Å². The number of carbonyl (C=O) groups is 1. The van der Waals surface area contributed by atoms with Crippen molar-refractivity contribution in [3.63, 3.8) is 0 Å². The number of hydrogen-bond acceptors (Lipinski definition) is 9. The maximum atomic E-state index is 11.6. The van der Waals surface area contributed by atoms with E-state index in [1.807, 2.05) is 25.1 Å². The molecule has 6 N–H and O–H groups in total. The molecule has 1 aliphatic rings. The van der Waals surface area contributed by atoms with Crippen LogP contribution < -0.4 is 21.5 Å². The van der Waals surface area contributed by atoms with E-state index in [1.54, 1.807) is 12.3 Å². The molecule has 3 aromatic heterocycles. The molecule has 5 rings (SSSR count). The van der Waals surface area contributed by atoms with Crippen molar-refractivity contribution in [3.05, 3.63) is 36.0 Å². The molecule has 0 saturated heterocycles. The number of ether oxygens (including phenoxy) is 1. The zero-order chi connectivity index (χ0) is 23.8. The number of nitrogens with zero attached hydrogens (tertiary/aromatic N) is 4. The van der Waals surface area contributed by atoms with Crippen molar-refractivity contribution in [2.45, 2.75) is 32.4 Å². The predicted molar refractivity (Wildman–Crippen MR) is 128 cm³/mol. The number of pyridine rings is 1. The Kier molecular flexibility index (Phi) is 5.36. The van der Waals surface area contributed by atoms with Crippen LogP contribution in [0.1, 0.15) is 25.3 Å². The van der Waals surface area contributed by atoms with Gasteiger partial charge in [-0.25, -0.2) is 9.97 Å². The molecular formula is C23H24N8O3. The van der Waals surface area contributed by atoms with Crippen molar-refractivity contribution in [1.29, 1.82) is 5.41 Å². The molecule has 1 aliphatic heterocycles. The second kappa shape index (κ2) is 8.50. The van der Waals surface area contributed by atoms with Crippen LogP contribution in [0.5, 0.6) is 5.75 Å². The standard InChI is InChI=1S/C23H24N8O3/c1-2-14(20(25)32)27-11-13(10-24)12-8-16-19-18(9-12)33-7-3-6-31(19)22(29-16)15-4-5-17-21(28-15)30-23(26)34-17/h4-5,8-11,14,24,27H,2-3,6-7H2,1H3,(H2,25,32)(H2,26,28,30)/b13-11+,24-10?/t14-/m1/s1. The summed E-state index contributed by atoms with van der Waals surface area (Å²) >= 11 is 0. The number of primary amides is 1. The third-order valence-corrected chi connectivity index (χ3v) is 5.77. The number of imidazole rings is 1. The number of allylic oxidation sites excluding steroid dienone is 1. The predicted octanol–water partition coefficient (Wildman–Crippen LogP) is 2.45. The number of hydrogen-bond donors (Lipinski definition) is 4. The minimum absolute atomic E-state index is 0.0626. The van der Waals surface area contributed by atoms with Gasteiger partial charge in [-0.05, 0) is 42.7 Å². The number of amides is 1. The maximum absolute atomic E-state index is 11.6. The van der Waals surface area contributed by atoms with Crippen LogP contribution in [0.25, 0.3) is 39.4 Å². The van der Waals surface area contributed by atoms with Crippen LogP contribution in [-0.4, -0.2) is 44.3 Å². The van der Waals surface area contributed by atoms with Gasteiger partial charge in [0.2, 0.25) is 11.6 Å². The van der Waals surface area contributed by atoms with Crippen molar-refractivity contribution in [2.75, 3.05) is 12.3 Å². The van der Waals surface area contributed by atoms with Crippen molar-refractivity contribution >= 4 is 46.0 Å². The van der Waals surface area contributed by atoms with Crippen molar-refractivity contribution in [3.8, 4) is 17.3 Å². The van der Waals surface area contributed by atoms with Crippen molar-refractivity contribution in [1.82, 2.24) is 24.8 Å². The maximum Gasteiger partial charge on any atom is 0.294 e. The van der Waals surface area contributed by atoms with Crippen LogP contribution in [0, 0.1) is 5.41 Å². The summed E-state index contributed by atoms with van der Waals surface area (Å²) in [6.45, 7) is 3.12. The highest BCUT2D eigenvalue weighted by molar-refractivity contribution is 6.09. The molecular weight excluding hydrogens is 436 g/mol. The lowest BCUT2D eigenvalue weighted by molar-refractivity contribution is -0.119. The average molecular weight is 460 g/mol. The molecule has 0 aliphatic carbocycles. The third kappa shape index (κ3) is 3.70. The molecule has 1 amide bonds. The lowest BCUT2D eigenvalue weighted by Gasteiger charge is -2.13. The van der Waals surface area contributed by atoms with E-state index < -0.39 is 11.9 Å². The summed E-state index contributed by atoms with van der Waals surface area (Å²) in [6, 6.07) is 6.92. The van der Waals surface area contributed by atoms with E-state index in [1.165, 1.54) is 6.21 Å². The van der Waals surface area contributed by atoms with E-state index in [-0.39, 0.29) is 6.01 Å². The van der Waals surface area contributed by atoms with Gasteiger partial charge in [-0.15, -0.1) is 0 Å². The number of nitrogens with two attached hydrogens (primary N) is 2. The van der Waals surface area contributed by atoms with Crippen molar-refractivity contribution in [2.24, 2.45) is 5.73 Å². The number of aromatic nitrogens is 4. The molecule has 1 aromatic carbocycles. The normalized spacial score (nSPS) is 14.6. The highest BCUT2D eigenvalue weighted by atomic mass is 16.5. The Morgan fingerprint density at radius 1 is 1.32 bits per heavy atom. The van der Waals surface area contributed by atoms with E-state index >= 15 is 0 Å². The molecule has 4 aromatic rings. The molecule has 0 unspecified atom stereocenters. The Morgan fingerprint density at radius 3 is 2.94 bits per heavy atom. The summed E-state index contributed by atoms with van der Waals surface area (Å²) in [6.07, 6.45) is 4.17. The van der Waals surface area contributed by atoms with Gasteiger partial charge in [-0.3, -0.25) is 4.79 Å². The number of rotatable bonds is 7. The first kappa shape index (κ1) is 21.4. The van der Waals surface area contributed by atoms with Crippen LogP contribution >= 0.6 is 0 Å². The molecule has 34 heavy (non-hydrogen) atoms. The third-order valence-electron chi connectivity index (χ3n) is 5.77. The molecule has 1 atom stereocenters. The largest absolute Gasteiger partial charge is 0.491 e. The van der Waals surface area contributed by atoms with Gasteiger partial charge in [-0.2, -0.15) is 4.98 Å². The van der Waals surface area contributed by atoms with E-state index in [0.29, 0.717) is 59.2 Å². The minimum atomic E-state index is -0.520. The SMILES string of the molecule is CC[C@@H](N/C=C(\C=N)c1cc2c3c(c1)nc(-c1ccc4oc(N)nc4n1)n3CCCO2)C(N)=O. The Hall–Kier alpha value is -4.41. The number of oxazole rings is 1. The summed E-state index contributed by atoms with van der Waals surface area (Å²) in [5.74, 6) is 0.904. The molecule has 0 bridgehead atoms. The molecule has 11 nitrogen and oxygen atoms in total. The molecule has 11 heteroatoms. The highest BCUT2D eigenvalue weighted by Gasteiger charge is 2.22. The lowest BCUT2D eigenvalue weighted by Crippen LogP contribution is -2.38. The van der Waals surface area contributed by atoms with Crippen LogP contribution in [-0.2, 0) is 11.3 Å². The molecule has 4 heterocycles. The molecule has 0 fully saturated rings. The summed E-state index contributed by atoms with van der Waals surface area (Å²) in [5.41, 5.74) is 15.5. The fourth-order valence-electron chi connectivity index (χ4n) is 4.08. The highest BCUT2D eigenvalue weighted by Crippen LogP contribution is 2.35. The number of aryl methyl sites for hydroxylation is 1.